The van der Waals surface area contributed by atoms with E-state index in [1.54, 1.807) is 16.2 Å². The van der Waals surface area contributed by atoms with Crippen molar-refractivity contribution in [3.05, 3.63) is 16.1 Å². The minimum Gasteiger partial charge on any atom is -0.396 e. The van der Waals surface area contributed by atoms with E-state index in [-0.39, 0.29) is 24.5 Å². The predicted octanol–water partition coefficient (Wildman–Crippen LogP) is 0.0768. The Morgan fingerprint density at radius 2 is 2.41 bits per heavy atom. The molecule has 2 aliphatic heterocycles. The molecule has 3 atom stereocenters. The van der Waals surface area contributed by atoms with Crippen LogP contribution in [0.1, 0.15) is 28.3 Å². The van der Waals surface area contributed by atoms with Crippen LogP contribution in [0.2, 0.25) is 0 Å². The Balaban J connectivity index is 1.59. The zero-order valence-corrected chi connectivity index (χ0v) is 13.5. The molecule has 0 aliphatic carbocycles. The Morgan fingerprint density at radius 3 is 3.09 bits per heavy atom. The maximum Gasteiger partial charge on any atom is 0.273 e. The summed E-state index contributed by atoms with van der Waals surface area (Å²) in [4.78, 5) is 18.8. The first kappa shape index (κ1) is 15.9. The summed E-state index contributed by atoms with van der Waals surface area (Å²) in [6.45, 7) is 3.38. The van der Waals surface area contributed by atoms with Gasteiger partial charge >= 0.3 is 0 Å². The van der Waals surface area contributed by atoms with E-state index < -0.39 is 0 Å². The molecule has 6 nitrogen and oxygen atoms in total. The van der Waals surface area contributed by atoms with E-state index in [4.69, 9.17) is 5.73 Å². The molecule has 7 heteroatoms. The second-order valence-electron chi connectivity index (χ2n) is 6.34. The zero-order valence-electron chi connectivity index (χ0n) is 12.7. The molecule has 0 saturated carbocycles. The van der Waals surface area contributed by atoms with E-state index in [0.29, 0.717) is 24.7 Å². The van der Waals surface area contributed by atoms with Crippen molar-refractivity contribution in [2.45, 2.75) is 25.3 Å². The number of nitrogens with two attached hydrogens (primary N) is 1. The highest BCUT2D eigenvalue weighted by molar-refractivity contribution is 7.09. The number of aliphatic hydroxyl groups excluding tert-OH is 1. The summed E-state index contributed by atoms with van der Waals surface area (Å²) in [6.07, 6.45) is 2.90. The molecule has 2 fully saturated rings. The molecule has 0 spiro atoms. The lowest BCUT2D eigenvalue weighted by atomic mass is 9.93. The molecule has 2 saturated heterocycles. The van der Waals surface area contributed by atoms with Crippen molar-refractivity contribution >= 4 is 17.2 Å². The Bertz CT molecular complexity index is 515. The van der Waals surface area contributed by atoms with Crippen LogP contribution in [-0.2, 0) is 6.42 Å². The summed E-state index contributed by atoms with van der Waals surface area (Å²) in [6, 6.07) is -0.148. The fourth-order valence-corrected chi connectivity index (χ4v) is 4.13. The maximum absolute atomic E-state index is 12.5. The molecule has 1 amide bonds. The van der Waals surface area contributed by atoms with Crippen LogP contribution in [-0.4, -0.2) is 59.7 Å². The fourth-order valence-electron chi connectivity index (χ4n) is 3.24. The molecular weight excluding hydrogens is 300 g/mol. The largest absolute Gasteiger partial charge is 0.396 e. The lowest BCUT2D eigenvalue weighted by Gasteiger charge is -2.35. The number of rotatable bonds is 4. The first-order valence-corrected chi connectivity index (χ1v) is 8.86. The number of hydrogen-bond acceptors (Lipinski definition) is 6. The number of nitrogens with zero attached hydrogens (tertiary/aromatic N) is 2. The summed E-state index contributed by atoms with van der Waals surface area (Å²) >= 11 is 1.58. The Morgan fingerprint density at radius 1 is 1.55 bits per heavy atom. The zero-order chi connectivity index (χ0) is 15.5. The molecule has 1 aromatic rings. The van der Waals surface area contributed by atoms with Gasteiger partial charge in [-0.2, -0.15) is 0 Å². The van der Waals surface area contributed by atoms with E-state index in [9.17, 15) is 9.90 Å². The number of aromatic nitrogens is 1. The highest BCUT2D eigenvalue weighted by Crippen LogP contribution is 2.21. The summed E-state index contributed by atoms with van der Waals surface area (Å²) in [7, 11) is 0. The van der Waals surface area contributed by atoms with E-state index in [1.165, 1.54) is 6.42 Å². The predicted molar refractivity (Wildman–Crippen MR) is 85.9 cm³/mol. The number of nitrogens with one attached hydrogen (secondary N) is 1. The second-order valence-corrected chi connectivity index (χ2v) is 7.28. The average Bonchev–Trinajstić information content (AvgIpc) is 3.19. The van der Waals surface area contributed by atoms with Crippen LogP contribution in [0.5, 0.6) is 0 Å². The monoisotopic (exact) mass is 324 g/mol. The van der Waals surface area contributed by atoms with Gasteiger partial charge in [0.2, 0.25) is 0 Å². The number of amides is 1. The van der Waals surface area contributed by atoms with Crippen molar-refractivity contribution in [1.82, 2.24) is 15.2 Å². The molecule has 3 heterocycles. The van der Waals surface area contributed by atoms with Crippen LogP contribution < -0.4 is 11.1 Å². The normalized spacial score (nSPS) is 29.0. The lowest BCUT2D eigenvalue weighted by Crippen LogP contribution is -2.51. The van der Waals surface area contributed by atoms with Crippen LogP contribution in [0.3, 0.4) is 0 Å². The number of carbonyl (C=O) groups is 1. The van der Waals surface area contributed by atoms with Crippen LogP contribution >= 0.6 is 11.3 Å². The van der Waals surface area contributed by atoms with Gasteiger partial charge in [-0.25, -0.2) is 4.98 Å². The highest BCUT2D eigenvalue weighted by Gasteiger charge is 2.30. The standard InChI is InChI=1S/C15H24N4O2S/c16-12-7-19(4-2-11(12)8-20)15(21)13-9-22-14(18-13)5-10-1-3-17-6-10/h9-12,17,20H,1-8,16H2/t10?,11-,12+/m0/s1. The third kappa shape index (κ3) is 3.48. The lowest BCUT2D eigenvalue weighted by molar-refractivity contribution is 0.0603. The van der Waals surface area contributed by atoms with Gasteiger partial charge in [0, 0.05) is 43.5 Å². The quantitative estimate of drug-likeness (QED) is 0.729. The SMILES string of the molecule is N[C@@H]1CN(C(=O)c2csc(CC3CCNC3)n2)CC[C@H]1CO. The van der Waals surface area contributed by atoms with E-state index in [1.807, 2.05) is 5.38 Å². The Kier molecular flexibility index (Phi) is 5.07. The van der Waals surface area contributed by atoms with Gasteiger partial charge in [0.05, 0.1) is 5.01 Å². The minimum absolute atomic E-state index is 0.0288. The molecule has 3 rings (SSSR count). The summed E-state index contributed by atoms with van der Waals surface area (Å²) in [5, 5.41) is 15.5. The second kappa shape index (κ2) is 7.04. The van der Waals surface area contributed by atoms with Crippen LogP contribution in [0.25, 0.3) is 0 Å². The van der Waals surface area contributed by atoms with Crippen molar-refractivity contribution in [2.75, 3.05) is 32.8 Å². The Labute approximate surface area is 134 Å². The first-order chi connectivity index (χ1) is 10.7. The van der Waals surface area contributed by atoms with Crippen LogP contribution in [0.4, 0.5) is 0 Å². The molecule has 1 aromatic heterocycles. The minimum atomic E-state index is -0.148. The molecule has 0 radical (unpaired) electrons. The number of likely N-dealkylation sites (tertiary alicyclic amines) is 1. The summed E-state index contributed by atoms with van der Waals surface area (Å²) in [5.74, 6) is 0.714. The average molecular weight is 324 g/mol. The number of carbonyl (C=O) groups excluding carboxylic acids is 1. The highest BCUT2D eigenvalue weighted by atomic mass is 32.1. The number of hydrogen-bond donors (Lipinski definition) is 3. The third-order valence-corrected chi connectivity index (χ3v) is 5.60. The van der Waals surface area contributed by atoms with Gasteiger partial charge in [0.1, 0.15) is 5.69 Å². The molecule has 4 N–H and O–H groups in total. The number of thiazole rings is 1. The van der Waals surface area contributed by atoms with E-state index in [2.05, 4.69) is 10.3 Å². The first-order valence-electron chi connectivity index (χ1n) is 7.98. The van der Waals surface area contributed by atoms with Crippen molar-refractivity contribution in [3.63, 3.8) is 0 Å². The van der Waals surface area contributed by atoms with Gasteiger partial charge in [0.25, 0.3) is 5.91 Å². The smallest absolute Gasteiger partial charge is 0.273 e. The van der Waals surface area contributed by atoms with Gasteiger partial charge < -0.3 is 21.1 Å². The molecular formula is C15H24N4O2S. The fraction of sp³-hybridized carbons (Fsp3) is 0.733. The maximum atomic E-state index is 12.5. The molecule has 2 aliphatic rings. The summed E-state index contributed by atoms with van der Waals surface area (Å²) in [5.41, 5.74) is 6.57. The number of aliphatic hydroxyl groups is 1. The van der Waals surface area contributed by atoms with Gasteiger partial charge in [-0.1, -0.05) is 0 Å². The molecule has 22 heavy (non-hydrogen) atoms. The van der Waals surface area contributed by atoms with Crippen molar-refractivity contribution in [2.24, 2.45) is 17.6 Å². The van der Waals surface area contributed by atoms with Crippen molar-refractivity contribution < 1.29 is 9.90 Å². The van der Waals surface area contributed by atoms with Gasteiger partial charge in [0.15, 0.2) is 0 Å². The van der Waals surface area contributed by atoms with Crippen LogP contribution in [0.15, 0.2) is 5.38 Å². The number of piperidine rings is 1. The van der Waals surface area contributed by atoms with Crippen molar-refractivity contribution in [1.29, 1.82) is 0 Å². The van der Waals surface area contributed by atoms with Gasteiger partial charge in [-0.15, -0.1) is 11.3 Å². The van der Waals surface area contributed by atoms with Gasteiger partial charge in [-0.3, -0.25) is 4.79 Å². The molecule has 0 aromatic carbocycles. The van der Waals surface area contributed by atoms with Crippen molar-refractivity contribution in [3.8, 4) is 0 Å². The Hall–Kier alpha value is -1.02. The van der Waals surface area contributed by atoms with E-state index >= 15 is 0 Å². The summed E-state index contributed by atoms with van der Waals surface area (Å²) < 4.78 is 0. The van der Waals surface area contributed by atoms with E-state index in [0.717, 1.165) is 30.9 Å². The topological polar surface area (TPSA) is 91.5 Å². The molecule has 0 bridgehead atoms. The molecule has 1 unspecified atom stereocenters. The van der Waals surface area contributed by atoms with Crippen LogP contribution in [0, 0.1) is 11.8 Å². The van der Waals surface area contributed by atoms with Gasteiger partial charge in [-0.05, 0) is 31.8 Å². The third-order valence-electron chi connectivity index (χ3n) is 4.72. The molecule has 122 valence electrons.